The number of hydrogen-bond acceptors (Lipinski definition) is 5. The van der Waals surface area contributed by atoms with Crippen molar-refractivity contribution < 1.29 is 28.9 Å². The molecular weight excluding hydrogens is 422 g/mol. The molecule has 1 atom stereocenters. The van der Waals surface area contributed by atoms with Gasteiger partial charge in [-0.3, -0.25) is 0 Å². The third-order valence-corrected chi connectivity index (χ3v) is 5.66. The lowest BCUT2D eigenvalue weighted by molar-refractivity contribution is -0.139. The first-order chi connectivity index (χ1) is 16.1. The highest BCUT2D eigenvalue weighted by Gasteiger charge is 2.30. The van der Waals surface area contributed by atoms with Crippen molar-refractivity contribution in [3.8, 4) is 16.9 Å². The van der Waals surface area contributed by atoms with E-state index < -0.39 is 18.1 Å². The Labute approximate surface area is 191 Å². The summed E-state index contributed by atoms with van der Waals surface area (Å²) in [5.41, 5.74) is 5.06. The second-order valence-corrected chi connectivity index (χ2v) is 7.72. The van der Waals surface area contributed by atoms with Gasteiger partial charge in [-0.1, -0.05) is 66.7 Å². The van der Waals surface area contributed by atoms with E-state index in [4.69, 9.17) is 14.2 Å². The standard InChI is InChI=1S/C26H25NO6/c1-31-16-33-24-13-7-2-8-17(24)14-23(25(28)29)27-26(30)32-15-22-20-11-5-3-9-18(20)19-10-4-6-12-21(19)22/h2-13,22-23H,14-16H2,1H3,(H,27,30)(H,28,29)/t23-/m0/s1. The number of rotatable bonds is 9. The number of carbonyl (C=O) groups is 2. The molecule has 0 saturated heterocycles. The number of fused-ring (bicyclic) bond motifs is 3. The van der Waals surface area contributed by atoms with E-state index in [0.717, 1.165) is 22.3 Å². The number of alkyl carbamates (subject to hydrolysis) is 1. The Kier molecular flexibility index (Phi) is 6.90. The molecule has 0 fully saturated rings. The number of benzene rings is 3. The van der Waals surface area contributed by atoms with Gasteiger partial charge >= 0.3 is 12.1 Å². The quantitative estimate of drug-likeness (QED) is 0.478. The van der Waals surface area contributed by atoms with Gasteiger partial charge in [0.05, 0.1) is 0 Å². The monoisotopic (exact) mass is 447 g/mol. The highest BCUT2D eigenvalue weighted by Crippen LogP contribution is 2.44. The zero-order chi connectivity index (χ0) is 23.2. The van der Waals surface area contributed by atoms with Crippen molar-refractivity contribution in [1.82, 2.24) is 5.32 Å². The number of aliphatic carboxylic acids is 1. The van der Waals surface area contributed by atoms with E-state index in [-0.39, 0.29) is 25.7 Å². The highest BCUT2D eigenvalue weighted by molar-refractivity contribution is 5.81. The third-order valence-electron chi connectivity index (χ3n) is 5.66. The van der Waals surface area contributed by atoms with E-state index >= 15 is 0 Å². The molecule has 33 heavy (non-hydrogen) atoms. The van der Waals surface area contributed by atoms with Gasteiger partial charge in [-0.2, -0.15) is 0 Å². The Morgan fingerprint density at radius 1 is 0.939 bits per heavy atom. The average molecular weight is 447 g/mol. The van der Waals surface area contributed by atoms with Gasteiger partial charge in [0.15, 0.2) is 6.79 Å². The molecule has 0 aliphatic heterocycles. The summed E-state index contributed by atoms with van der Waals surface area (Å²) in [6, 6.07) is 21.9. The summed E-state index contributed by atoms with van der Waals surface area (Å²) >= 11 is 0. The van der Waals surface area contributed by atoms with Crippen LogP contribution in [0.3, 0.4) is 0 Å². The van der Waals surface area contributed by atoms with Crippen LogP contribution < -0.4 is 10.1 Å². The Balaban J connectivity index is 1.42. The number of carboxylic acids is 1. The van der Waals surface area contributed by atoms with Gasteiger partial charge in [-0.05, 0) is 33.9 Å². The molecule has 0 radical (unpaired) electrons. The number of nitrogens with one attached hydrogen (secondary N) is 1. The molecule has 7 nitrogen and oxygen atoms in total. The third kappa shape index (κ3) is 4.99. The molecule has 3 aromatic rings. The molecule has 7 heteroatoms. The van der Waals surface area contributed by atoms with E-state index in [2.05, 4.69) is 17.4 Å². The fourth-order valence-corrected chi connectivity index (χ4v) is 4.14. The molecule has 0 saturated carbocycles. The van der Waals surface area contributed by atoms with Crippen LogP contribution >= 0.6 is 0 Å². The lowest BCUT2D eigenvalue weighted by Crippen LogP contribution is -2.43. The van der Waals surface area contributed by atoms with Crippen LogP contribution in [-0.2, 0) is 20.7 Å². The van der Waals surface area contributed by atoms with Crippen LogP contribution in [0.2, 0.25) is 0 Å². The first-order valence-electron chi connectivity index (χ1n) is 10.6. The van der Waals surface area contributed by atoms with Gasteiger partial charge in [0.2, 0.25) is 0 Å². The van der Waals surface area contributed by atoms with Gasteiger partial charge < -0.3 is 24.6 Å². The van der Waals surface area contributed by atoms with E-state index in [0.29, 0.717) is 11.3 Å². The van der Waals surface area contributed by atoms with Gasteiger partial charge in [0.1, 0.15) is 18.4 Å². The Morgan fingerprint density at radius 2 is 1.55 bits per heavy atom. The van der Waals surface area contributed by atoms with Crippen LogP contribution in [0.15, 0.2) is 72.8 Å². The summed E-state index contributed by atoms with van der Waals surface area (Å²) in [7, 11) is 1.50. The predicted molar refractivity (Wildman–Crippen MR) is 122 cm³/mol. The Bertz CT molecular complexity index is 1100. The van der Waals surface area contributed by atoms with Gasteiger partial charge in [0.25, 0.3) is 0 Å². The molecule has 4 rings (SSSR count). The van der Waals surface area contributed by atoms with Gasteiger partial charge in [0, 0.05) is 19.4 Å². The van der Waals surface area contributed by atoms with Crippen molar-refractivity contribution in [2.45, 2.75) is 18.4 Å². The largest absolute Gasteiger partial charge is 0.480 e. The molecule has 0 bridgehead atoms. The zero-order valence-corrected chi connectivity index (χ0v) is 18.2. The summed E-state index contributed by atoms with van der Waals surface area (Å²) in [5, 5.41) is 12.1. The highest BCUT2D eigenvalue weighted by atomic mass is 16.7. The molecule has 0 aromatic heterocycles. The van der Waals surface area contributed by atoms with Crippen molar-refractivity contribution in [1.29, 1.82) is 0 Å². The number of hydrogen-bond donors (Lipinski definition) is 2. The number of ether oxygens (including phenoxy) is 3. The Hall–Kier alpha value is -3.84. The fourth-order valence-electron chi connectivity index (χ4n) is 4.14. The lowest BCUT2D eigenvalue weighted by Gasteiger charge is -2.18. The topological polar surface area (TPSA) is 94.1 Å². The molecule has 1 amide bonds. The molecule has 0 heterocycles. The minimum Gasteiger partial charge on any atom is -0.480 e. The summed E-state index contributed by atoms with van der Waals surface area (Å²) in [6.07, 6.45) is -0.737. The van der Waals surface area contributed by atoms with E-state index in [1.165, 1.54) is 7.11 Å². The lowest BCUT2D eigenvalue weighted by atomic mass is 9.98. The summed E-state index contributed by atoms with van der Waals surface area (Å²) in [4.78, 5) is 24.4. The molecular formula is C26H25NO6. The smallest absolute Gasteiger partial charge is 0.407 e. The zero-order valence-electron chi connectivity index (χ0n) is 18.2. The normalized spacial score (nSPS) is 13.0. The number of amides is 1. The molecule has 1 aliphatic carbocycles. The summed E-state index contributed by atoms with van der Waals surface area (Å²) in [5.74, 6) is -0.764. The summed E-state index contributed by atoms with van der Waals surface area (Å²) in [6.45, 7) is 0.147. The second kappa shape index (κ2) is 10.2. The number of carbonyl (C=O) groups excluding carboxylic acids is 1. The molecule has 1 aliphatic rings. The molecule has 170 valence electrons. The fraction of sp³-hybridized carbons (Fsp3) is 0.231. The van der Waals surface area contributed by atoms with E-state index in [9.17, 15) is 14.7 Å². The minimum atomic E-state index is -1.17. The maximum atomic E-state index is 12.5. The molecule has 2 N–H and O–H groups in total. The molecule has 0 spiro atoms. The van der Waals surface area contributed by atoms with Crippen LogP contribution in [0.5, 0.6) is 5.75 Å². The van der Waals surface area contributed by atoms with Crippen LogP contribution in [0.25, 0.3) is 11.1 Å². The van der Waals surface area contributed by atoms with Crippen molar-refractivity contribution in [3.05, 3.63) is 89.5 Å². The van der Waals surface area contributed by atoms with Crippen molar-refractivity contribution in [3.63, 3.8) is 0 Å². The van der Waals surface area contributed by atoms with Gasteiger partial charge in [-0.15, -0.1) is 0 Å². The molecule has 0 unspecified atom stereocenters. The average Bonchev–Trinajstić information content (AvgIpc) is 3.15. The number of para-hydroxylation sites is 1. The van der Waals surface area contributed by atoms with Crippen LogP contribution in [0.1, 0.15) is 22.6 Å². The van der Waals surface area contributed by atoms with Crippen molar-refractivity contribution in [2.24, 2.45) is 0 Å². The van der Waals surface area contributed by atoms with Crippen LogP contribution in [-0.4, -0.2) is 43.7 Å². The Morgan fingerprint density at radius 3 is 2.18 bits per heavy atom. The second-order valence-electron chi connectivity index (χ2n) is 7.72. The van der Waals surface area contributed by atoms with E-state index in [1.807, 2.05) is 36.4 Å². The van der Waals surface area contributed by atoms with Crippen molar-refractivity contribution >= 4 is 12.1 Å². The van der Waals surface area contributed by atoms with Crippen LogP contribution in [0, 0.1) is 0 Å². The molecule has 3 aromatic carbocycles. The van der Waals surface area contributed by atoms with Crippen molar-refractivity contribution in [2.75, 3.05) is 20.5 Å². The number of methoxy groups -OCH3 is 1. The van der Waals surface area contributed by atoms with E-state index in [1.54, 1.807) is 24.3 Å². The predicted octanol–water partition coefficient (Wildman–Crippen LogP) is 4.20. The first kappa shape index (κ1) is 22.4. The van der Waals surface area contributed by atoms with Crippen LogP contribution in [0.4, 0.5) is 4.79 Å². The first-order valence-corrected chi connectivity index (χ1v) is 10.6. The van der Waals surface area contributed by atoms with Gasteiger partial charge in [-0.25, -0.2) is 9.59 Å². The number of carboxylic acid groups (broad SMARTS) is 1. The maximum Gasteiger partial charge on any atom is 0.407 e. The maximum absolute atomic E-state index is 12.5. The summed E-state index contributed by atoms with van der Waals surface area (Å²) < 4.78 is 15.9. The SMILES string of the molecule is COCOc1ccccc1C[C@H](NC(=O)OCC1c2ccccc2-c2ccccc21)C(=O)O. The minimum absolute atomic E-state index is 0.0363.